The number of hydrogen-bond acceptors (Lipinski definition) is 2. The Kier molecular flexibility index (Phi) is 4.31. The van der Waals surface area contributed by atoms with E-state index in [2.05, 4.69) is 13.8 Å². The fourth-order valence-electron chi connectivity index (χ4n) is 3.71. The van der Waals surface area contributed by atoms with Crippen LogP contribution in [0.3, 0.4) is 0 Å². The summed E-state index contributed by atoms with van der Waals surface area (Å²) in [4.78, 5) is 14.8. The third kappa shape index (κ3) is 2.42. The standard InChI is InChI=1S/C15H27NO2/c1-3-12-11-16(10-7-13(12)17)14(18)15(4-2)8-5-6-9-15/h12-13,17H,3-11H2,1-2H3. The first-order valence-corrected chi connectivity index (χ1v) is 7.60. The van der Waals surface area contributed by atoms with Crippen LogP contribution < -0.4 is 0 Å². The Labute approximate surface area is 111 Å². The summed E-state index contributed by atoms with van der Waals surface area (Å²) in [6, 6.07) is 0. The Hall–Kier alpha value is -0.570. The number of nitrogens with zero attached hydrogens (tertiary/aromatic N) is 1. The third-order valence-electron chi connectivity index (χ3n) is 5.20. The summed E-state index contributed by atoms with van der Waals surface area (Å²) in [6.07, 6.45) is 7.02. The van der Waals surface area contributed by atoms with Gasteiger partial charge in [0, 0.05) is 24.4 Å². The van der Waals surface area contributed by atoms with Gasteiger partial charge in [0.25, 0.3) is 0 Å². The molecule has 1 heterocycles. The predicted octanol–water partition coefficient (Wildman–Crippen LogP) is 2.58. The van der Waals surface area contributed by atoms with Crippen LogP contribution in [0.5, 0.6) is 0 Å². The number of amides is 1. The van der Waals surface area contributed by atoms with E-state index in [0.29, 0.717) is 5.91 Å². The van der Waals surface area contributed by atoms with Crippen LogP contribution in [0.1, 0.15) is 58.8 Å². The van der Waals surface area contributed by atoms with Gasteiger partial charge in [-0.05, 0) is 32.1 Å². The maximum atomic E-state index is 12.8. The molecule has 2 rings (SSSR count). The molecule has 3 heteroatoms. The van der Waals surface area contributed by atoms with Crippen molar-refractivity contribution >= 4 is 5.91 Å². The van der Waals surface area contributed by atoms with Gasteiger partial charge in [0.2, 0.25) is 5.91 Å². The highest BCUT2D eigenvalue weighted by atomic mass is 16.3. The highest BCUT2D eigenvalue weighted by Gasteiger charge is 2.43. The summed E-state index contributed by atoms with van der Waals surface area (Å²) in [5.41, 5.74) is -0.0689. The molecule has 1 saturated carbocycles. The molecule has 104 valence electrons. The van der Waals surface area contributed by atoms with Crippen LogP contribution in [0.15, 0.2) is 0 Å². The van der Waals surface area contributed by atoms with Gasteiger partial charge in [0.05, 0.1) is 6.10 Å². The lowest BCUT2D eigenvalue weighted by molar-refractivity contribution is -0.146. The van der Waals surface area contributed by atoms with Gasteiger partial charge in [-0.25, -0.2) is 0 Å². The lowest BCUT2D eigenvalue weighted by Crippen LogP contribution is -2.50. The molecular formula is C15H27NO2. The molecule has 1 N–H and O–H groups in total. The zero-order valence-electron chi connectivity index (χ0n) is 11.8. The van der Waals surface area contributed by atoms with Crippen LogP contribution in [0.4, 0.5) is 0 Å². The third-order valence-corrected chi connectivity index (χ3v) is 5.20. The van der Waals surface area contributed by atoms with E-state index in [-0.39, 0.29) is 17.4 Å². The number of piperidine rings is 1. The zero-order valence-corrected chi connectivity index (χ0v) is 11.8. The summed E-state index contributed by atoms with van der Waals surface area (Å²) in [5.74, 6) is 0.644. The van der Waals surface area contributed by atoms with Crippen LogP contribution in [0, 0.1) is 11.3 Å². The number of hydrogen-bond donors (Lipinski definition) is 1. The average molecular weight is 253 g/mol. The number of carbonyl (C=O) groups is 1. The van der Waals surface area contributed by atoms with Crippen LogP contribution in [0.25, 0.3) is 0 Å². The Morgan fingerprint density at radius 1 is 1.33 bits per heavy atom. The van der Waals surface area contributed by atoms with Crippen molar-refractivity contribution in [3.8, 4) is 0 Å². The first-order chi connectivity index (χ1) is 8.63. The van der Waals surface area contributed by atoms with Crippen molar-refractivity contribution < 1.29 is 9.90 Å². The second kappa shape index (κ2) is 5.60. The molecule has 0 spiro atoms. The van der Waals surface area contributed by atoms with Gasteiger partial charge in [-0.3, -0.25) is 4.79 Å². The van der Waals surface area contributed by atoms with Crippen LogP contribution >= 0.6 is 0 Å². The molecule has 1 amide bonds. The van der Waals surface area contributed by atoms with Crippen molar-refractivity contribution in [2.45, 2.75) is 64.9 Å². The summed E-state index contributed by atoms with van der Waals surface area (Å²) in [5, 5.41) is 9.92. The molecule has 0 bridgehead atoms. The summed E-state index contributed by atoms with van der Waals surface area (Å²) in [6.45, 7) is 5.77. The number of likely N-dealkylation sites (tertiary alicyclic amines) is 1. The topological polar surface area (TPSA) is 40.5 Å². The fraction of sp³-hybridized carbons (Fsp3) is 0.933. The highest BCUT2D eigenvalue weighted by molar-refractivity contribution is 5.83. The lowest BCUT2D eigenvalue weighted by Gasteiger charge is -2.40. The quantitative estimate of drug-likeness (QED) is 0.840. The minimum Gasteiger partial charge on any atom is -0.393 e. The minimum absolute atomic E-state index is 0.0689. The average Bonchev–Trinajstić information content (AvgIpc) is 2.88. The van der Waals surface area contributed by atoms with Crippen molar-refractivity contribution in [1.29, 1.82) is 0 Å². The highest BCUT2D eigenvalue weighted by Crippen LogP contribution is 2.43. The normalized spacial score (nSPS) is 31.6. The molecule has 2 aliphatic rings. The molecule has 1 aliphatic carbocycles. The molecule has 0 radical (unpaired) electrons. The second-order valence-electron chi connectivity index (χ2n) is 6.12. The van der Waals surface area contributed by atoms with Gasteiger partial charge in [0.15, 0.2) is 0 Å². The molecule has 1 saturated heterocycles. The first kappa shape index (κ1) is 13.9. The van der Waals surface area contributed by atoms with Crippen molar-refractivity contribution in [1.82, 2.24) is 4.90 Å². The van der Waals surface area contributed by atoms with Gasteiger partial charge in [-0.2, -0.15) is 0 Å². The predicted molar refractivity (Wildman–Crippen MR) is 72.2 cm³/mol. The van der Waals surface area contributed by atoms with E-state index >= 15 is 0 Å². The molecule has 0 aromatic rings. The van der Waals surface area contributed by atoms with Crippen molar-refractivity contribution in [3.05, 3.63) is 0 Å². The van der Waals surface area contributed by atoms with E-state index in [1.807, 2.05) is 4.90 Å². The Morgan fingerprint density at radius 2 is 2.00 bits per heavy atom. The second-order valence-corrected chi connectivity index (χ2v) is 6.12. The lowest BCUT2D eigenvalue weighted by atomic mass is 9.80. The zero-order chi connectivity index (χ0) is 13.2. The molecule has 0 aromatic heterocycles. The van der Waals surface area contributed by atoms with Crippen molar-refractivity contribution in [2.24, 2.45) is 11.3 Å². The molecule has 3 nitrogen and oxygen atoms in total. The number of rotatable bonds is 3. The van der Waals surface area contributed by atoms with Gasteiger partial charge in [-0.15, -0.1) is 0 Å². The number of aliphatic hydroxyl groups excluding tert-OH is 1. The van der Waals surface area contributed by atoms with Crippen molar-refractivity contribution in [2.75, 3.05) is 13.1 Å². The molecule has 0 aromatic carbocycles. The Bertz CT molecular complexity index is 297. The van der Waals surface area contributed by atoms with E-state index in [1.165, 1.54) is 12.8 Å². The van der Waals surface area contributed by atoms with E-state index in [4.69, 9.17) is 0 Å². The molecular weight excluding hydrogens is 226 g/mol. The smallest absolute Gasteiger partial charge is 0.228 e. The summed E-state index contributed by atoms with van der Waals surface area (Å²) in [7, 11) is 0. The number of aliphatic hydroxyl groups is 1. The maximum absolute atomic E-state index is 12.8. The molecule has 2 atom stereocenters. The monoisotopic (exact) mass is 253 g/mol. The van der Waals surface area contributed by atoms with Gasteiger partial charge >= 0.3 is 0 Å². The molecule has 1 aliphatic heterocycles. The maximum Gasteiger partial charge on any atom is 0.228 e. The van der Waals surface area contributed by atoms with Gasteiger partial charge < -0.3 is 10.0 Å². The Morgan fingerprint density at radius 3 is 2.56 bits per heavy atom. The summed E-state index contributed by atoms with van der Waals surface area (Å²) < 4.78 is 0. The SMILES string of the molecule is CCC1CN(C(=O)C2(CC)CCCC2)CCC1O. The van der Waals surface area contributed by atoms with Gasteiger partial charge in [-0.1, -0.05) is 26.7 Å². The summed E-state index contributed by atoms with van der Waals surface area (Å²) >= 11 is 0. The van der Waals surface area contributed by atoms with Gasteiger partial charge in [0.1, 0.15) is 0 Å². The largest absolute Gasteiger partial charge is 0.393 e. The molecule has 2 unspecified atom stereocenters. The van der Waals surface area contributed by atoms with E-state index in [9.17, 15) is 9.90 Å². The van der Waals surface area contributed by atoms with Crippen molar-refractivity contribution in [3.63, 3.8) is 0 Å². The van der Waals surface area contributed by atoms with E-state index in [0.717, 1.165) is 45.2 Å². The van der Waals surface area contributed by atoms with E-state index < -0.39 is 0 Å². The van der Waals surface area contributed by atoms with Crippen LogP contribution in [0.2, 0.25) is 0 Å². The Balaban J connectivity index is 2.04. The molecule has 18 heavy (non-hydrogen) atoms. The number of carbonyl (C=O) groups excluding carboxylic acids is 1. The fourth-order valence-corrected chi connectivity index (χ4v) is 3.71. The minimum atomic E-state index is -0.208. The van der Waals surface area contributed by atoms with Crippen LogP contribution in [-0.2, 0) is 4.79 Å². The van der Waals surface area contributed by atoms with E-state index in [1.54, 1.807) is 0 Å². The van der Waals surface area contributed by atoms with Crippen LogP contribution in [-0.4, -0.2) is 35.1 Å². The molecule has 2 fully saturated rings. The first-order valence-electron chi connectivity index (χ1n) is 7.60.